The van der Waals surface area contributed by atoms with Crippen molar-refractivity contribution in [2.24, 2.45) is 0 Å². The molecule has 0 aliphatic carbocycles. The van der Waals surface area contributed by atoms with Crippen LogP contribution in [0.4, 0.5) is 0 Å². The summed E-state index contributed by atoms with van der Waals surface area (Å²) in [6.45, 7) is 2.71. The van der Waals surface area contributed by atoms with Gasteiger partial charge in [-0.1, -0.05) is 6.07 Å². The van der Waals surface area contributed by atoms with Crippen LogP contribution in [0.2, 0.25) is 0 Å². The Morgan fingerprint density at radius 2 is 2.29 bits per heavy atom. The van der Waals surface area contributed by atoms with Crippen LogP contribution in [0.5, 0.6) is 0 Å². The van der Waals surface area contributed by atoms with E-state index in [4.69, 9.17) is 4.74 Å². The Morgan fingerprint density at radius 3 is 3.00 bits per heavy atom. The maximum absolute atomic E-state index is 11.2. The molecule has 1 aromatic heterocycles. The van der Waals surface area contributed by atoms with Gasteiger partial charge in [-0.15, -0.1) is 0 Å². The molecule has 0 saturated heterocycles. The highest BCUT2D eigenvalue weighted by atomic mass is 16.5. The van der Waals surface area contributed by atoms with Gasteiger partial charge < -0.3 is 14.6 Å². The van der Waals surface area contributed by atoms with Crippen molar-refractivity contribution in [1.29, 1.82) is 0 Å². The maximum Gasteiger partial charge on any atom is 0.250 e. The first-order chi connectivity index (χ1) is 6.84. The fourth-order valence-electron chi connectivity index (χ4n) is 1.08. The lowest BCUT2D eigenvalue weighted by Gasteiger charge is -2.05. The molecule has 0 atom stereocenters. The van der Waals surface area contributed by atoms with Crippen molar-refractivity contribution in [3.63, 3.8) is 0 Å². The molecule has 1 N–H and O–H groups in total. The van der Waals surface area contributed by atoms with Crippen LogP contribution in [0.1, 0.15) is 0 Å². The summed E-state index contributed by atoms with van der Waals surface area (Å²) >= 11 is 0. The smallest absolute Gasteiger partial charge is 0.250 e. The van der Waals surface area contributed by atoms with Gasteiger partial charge in [0.05, 0.1) is 13.2 Å². The van der Waals surface area contributed by atoms with E-state index in [0.717, 1.165) is 6.54 Å². The largest absolute Gasteiger partial charge is 0.378 e. The molecule has 78 valence electrons. The highest BCUT2D eigenvalue weighted by Crippen LogP contribution is 1.83. The zero-order valence-corrected chi connectivity index (χ0v) is 8.40. The number of aromatic nitrogens is 1. The quantitative estimate of drug-likeness (QED) is 0.655. The van der Waals surface area contributed by atoms with Gasteiger partial charge >= 0.3 is 0 Å². The van der Waals surface area contributed by atoms with E-state index in [9.17, 15) is 4.79 Å². The number of hydrogen-bond donors (Lipinski definition) is 1. The number of pyridine rings is 1. The molecule has 0 amide bonds. The van der Waals surface area contributed by atoms with Gasteiger partial charge in [0.1, 0.15) is 0 Å². The Bertz CT molecular complexity index is 309. The van der Waals surface area contributed by atoms with Crippen molar-refractivity contribution in [3.05, 3.63) is 34.7 Å². The van der Waals surface area contributed by atoms with Crippen LogP contribution in [-0.2, 0) is 11.3 Å². The van der Waals surface area contributed by atoms with Crippen molar-refractivity contribution >= 4 is 0 Å². The van der Waals surface area contributed by atoms with Crippen LogP contribution in [0.3, 0.4) is 0 Å². The van der Waals surface area contributed by atoms with E-state index in [2.05, 4.69) is 5.32 Å². The number of hydrogen-bond acceptors (Lipinski definition) is 3. The second-order valence-electron chi connectivity index (χ2n) is 2.95. The summed E-state index contributed by atoms with van der Waals surface area (Å²) in [5.41, 5.74) is 0.0183. The molecule has 0 aliphatic rings. The number of likely N-dealkylation sites (N-methyl/N-ethyl adjacent to an activating group) is 1. The molecule has 0 saturated carbocycles. The van der Waals surface area contributed by atoms with Crippen LogP contribution in [-0.4, -0.2) is 31.4 Å². The number of nitrogens with zero attached hydrogens (tertiary/aromatic N) is 1. The third-order valence-corrected chi connectivity index (χ3v) is 1.87. The molecule has 0 spiro atoms. The third-order valence-electron chi connectivity index (χ3n) is 1.87. The van der Waals surface area contributed by atoms with Crippen LogP contribution in [0, 0.1) is 0 Å². The van der Waals surface area contributed by atoms with Crippen molar-refractivity contribution in [1.82, 2.24) is 9.88 Å². The molecule has 4 heteroatoms. The molecule has 0 fully saturated rings. The van der Waals surface area contributed by atoms with Gasteiger partial charge in [0.25, 0.3) is 5.56 Å². The lowest BCUT2D eigenvalue weighted by molar-refractivity contribution is 0.128. The Labute approximate surface area is 83.5 Å². The van der Waals surface area contributed by atoms with Crippen molar-refractivity contribution in [2.75, 3.05) is 26.8 Å². The molecule has 0 radical (unpaired) electrons. The van der Waals surface area contributed by atoms with Gasteiger partial charge in [-0.25, -0.2) is 0 Å². The summed E-state index contributed by atoms with van der Waals surface area (Å²) < 4.78 is 6.95. The minimum Gasteiger partial charge on any atom is -0.378 e. The van der Waals surface area contributed by atoms with Gasteiger partial charge in [-0.05, 0) is 13.1 Å². The summed E-state index contributed by atoms with van der Waals surface area (Å²) in [7, 11) is 1.88. The summed E-state index contributed by atoms with van der Waals surface area (Å²) in [6.07, 6.45) is 1.77. The molecule has 0 aliphatic heterocycles. The molecular formula is C10H16N2O2. The van der Waals surface area contributed by atoms with Gasteiger partial charge in [-0.2, -0.15) is 0 Å². The minimum absolute atomic E-state index is 0.0183. The van der Waals surface area contributed by atoms with E-state index in [1.807, 2.05) is 13.1 Å². The van der Waals surface area contributed by atoms with E-state index < -0.39 is 0 Å². The maximum atomic E-state index is 11.2. The zero-order chi connectivity index (χ0) is 10.2. The molecule has 0 unspecified atom stereocenters. The number of nitrogens with one attached hydrogen (secondary N) is 1. The Balaban J connectivity index is 2.25. The van der Waals surface area contributed by atoms with Crippen LogP contribution >= 0.6 is 0 Å². The molecule has 1 heterocycles. The predicted molar refractivity (Wildman–Crippen MR) is 55.4 cm³/mol. The first-order valence-electron chi connectivity index (χ1n) is 4.72. The Kier molecular flexibility index (Phi) is 4.96. The standard InChI is InChI=1S/C10H16N2O2/c1-11-5-8-14-9-7-12-6-3-2-4-10(12)13/h2-4,6,11H,5,7-9H2,1H3. The molecule has 1 rings (SSSR count). The molecule has 0 aromatic carbocycles. The van der Waals surface area contributed by atoms with E-state index in [-0.39, 0.29) is 5.56 Å². The summed E-state index contributed by atoms with van der Waals surface area (Å²) in [5, 5.41) is 2.98. The van der Waals surface area contributed by atoms with E-state index in [0.29, 0.717) is 19.8 Å². The minimum atomic E-state index is 0.0183. The fourth-order valence-corrected chi connectivity index (χ4v) is 1.08. The third kappa shape index (κ3) is 3.72. The Hall–Kier alpha value is -1.13. The van der Waals surface area contributed by atoms with Crippen molar-refractivity contribution < 1.29 is 4.74 Å². The van der Waals surface area contributed by atoms with Crippen molar-refractivity contribution in [3.8, 4) is 0 Å². The molecule has 0 bridgehead atoms. The molecule has 1 aromatic rings. The van der Waals surface area contributed by atoms with Gasteiger partial charge in [0.2, 0.25) is 0 Å². The average Bonchev–Trinajstić information content (AvgIpc) is 2.20. The second kappa shape index (κ2) is 6.34. The van der Waals surface area contributed by atoms with Crippen molar-refractivity contribution in [2.45, 2.75) is 6.54 Å². The highest BCUT2D eigenvalue weighted by molar-refractivity contribution is 4.92. The topological polar surface area (TPSA) is 43.3 Å². The second-order valence-corrected chi connectivity index (χ2v) is 2.95. The van der Waals surface area contributed by atoms with Crippen LogP contribution < -0.4 is 10.9 Å². The number of rotatable bonds is 6. The fraction of sp³-hybridized carbons (Fsp3) is 0.500. The highest BCUT2D eigenvalue weighted by Gasteiger charge is 1.92. The van der Waals surface area contributed by atoms with Gasteiger partial charge in [-0.3, -0.25) is 4.79 Å². The van der Waals surface area contributed by atoms with E-state index >= 15 is 0 Å². The van der Waals surface area contributed by atoms with Crippen LogP contribution in [0.25, 0.3) is 0 Å². The van der Waals surface area contributed by atoms with E-state index in [1.54, 1.807) is 22.9 Å². The predicted octanol–water partition coefficient (Wildman–Crippen LogP) is 0.0843. The molecular weight excluding hydrogens is 180 g/mol. The van der Waals surface area contributed by atoms with Gasteiger partial charge in [0, 0.05) is 25.4 Å². The monoisotopic (exact) mass is 196 g/mol. The summed E-state index contributed by atoms with van der Waals surface area (Å²) in [6, 6.07) is 5.13. The normalized spacial score (nSPS) is 10.4. The lowest BCUT2D eigenvalue weighted by atomic mass is 10.4. The van der Waals surface area contributed by atoms with Gasteiger partial charge in [0.15, 0.2) is 0 Å². The molecule has 4 nitrogen and oxygen atoms in total. The molecule has 14 heavy (non-hydrogen) atoms. The van der Waals surface area contributed by atoms with Crippen LogP contribution in [0.15, 0.2) is 29.2 Å². The average molecular weight is 196 g/mol. The first-order valence-corrected chi connectivity index (χ1v) is 4.72. The van der Waals surface area contributed by atoms with E-state index in [1.165, 1.54) is 0 Å². The Morgan fingerprint density at radius 1 is 1.43 bits per heavy atom. The lowest BCUT2D eigenvalue weighted by Crippen LogP contribution is -2.22. The number of ether oxygens (including phenoxy) is 1. The SMILES string of the molecule is CNCCOCCn1ccccc1=O. The summed E-state index contributed by atoms with van der Waals surface area (Å²) in [5.74, 6) is 0. The zero-order valence-electron chi connectivity index (χ0n) is 8.40. The first kappa shape index (κ1) is 10.9. The summed E-state index contributed by atoms with van der Waals surface area (Å²) in [4.78, 5) is 11.2.